The molecule has 2 saturated carbocycles. The molecule has 7 nitrogen and oxygen atoms in total. The van der Waals surface area contributed by atoms with E-state index in [0.717, 1.165) is 55.9 Å². The maximum absolute atomic E-state index is 15.0. The molecule has 0 bridgehead atoms. The van der Waals surface area contributed by atoms with E-state index in [1.54, 1.807) is 17.6 Å². The summed E-state index contributed by atoms with van der Waals surface area (Å²) in [6, 6.07) is 2.93. The Morgan fingerprint density at radius 3 is 2.45 bits per heavy atom. The molecule has 168 valence electrons. The van der Waals surface area contributed by atoms with Crippen LogP contribution in [0.1, 0.15) is 70.8 Å². The second kappa shape index (κ2) is 9.24. The molecule has 2 aliphatic carbocycles. The third-order valence-electron chi connectivity index (χ3n) is 6.50. The Bertz CT molecular complexity index is 1080. The summed E-state index contributed by atoms with van der Waals surface area (Å²) < 4.78 is 22.4. The molecule has 1 heterocycles. The number of nitrogens with one attached hydrogen (secondary N) is 1. The molecule has 0 atom stereocenters. The van der Waals surface area contributed by atoms with Crippen molar-refractivity contribution >= 4 is 22.6 Å². The van der Waals surface area contributed by atoms with Crippen LogP contribution in [0, 0.1) is 5.82 Å². The molecule has 1 N–H and O–H groups in total. The van der Waals surface area contributed by atoms with Gasteiger partial charge in [0.05, 0.1) is 23.2 Å². The maximum atomic E-state index is 15.0. The number of aromatic nitrogens is 2. The topological polar surface area (TPSA) is 82.3 Å². The third kappa shape index (κ3) is 4.38. The molecule has 1 aromatic heterocycles. The van der Waals surface area contributed by atoms with Gasteiger partial charge < -0.3 is 10.1 Å². The van der Waals surface area contributed by atoms with E-state index in [2.05, 4.69) is 5.32 Å². The fraction of sp³-hybridized carbons (Fsp3) is 0.609. The van der Waals surface area contributed by atoms with Crippen molar-refractivity contribution in [3.8, 4) is 0 Å². The van der Waals surface area contributed by atoms with Crippen molar-refractivity contribution in [1.29, 1.82) is 0 Å². The fourth-order valence-electron chi connectivity index (χ4n) is 4.97. The Morgan fingerprint density at radius 2 is 1.77 bits per heavy atom. The number of carbonyl (C=O) groups excluding carboxylic acids is 1. The number of carbonyl (C=O) groups is 1. The van der Waals surface area contributed by atoms with Crippen LogP contribution in [-0.4, -0.2) is 27.8 Å². The number of esters is 1. The number of hydrogen-bond acceptors (Lipinski definition) is 5. The van der Waals surface area contributed by atoms with Crippen LogP contribution in [0.4, 0.5) is 10.1 Å². The second-order valence-corrected chi connectivity index (χ2v) is 8.62. The first-order chi connectivity index (χ1) is 15.0. The highest BCUT2D eigenvalue weighted by Gasteiger charge is 2.25. The van der Waals surface area contributed by atoms with Gasteiger partial charge in [-0.2, -0.15) is 0 Å². The number of benzene rings is 1. The van der Waals surface area contributed by atoms with Gasteiger partial charge in [-0.15, -0.1) is 0 Å². The lowest BCUT2D eigenvalue weighted by atomic mass is 9.95. The molecule has 0 radical (unpaired) electrons. The average Bonchev–Trinajstić information content (AvgIpc) is 3.28. The Balaban J connectivity index is 1.85. The lowest BCUT2D eigenvalue weighted by molar-refractivity contribution is -0.143. The number of nitrogens with zero attached hydrogens (tertiary/aromatic N) is 2. The monoisotopic (exact) mass is 431 g/mol. The summed E-state index contributed by atoms with van der Waals surface area (Å²) in [4.78, 5) is 38.4. The first kappa shape index (κ1) is 21.6. The molecule has 1 aromatic carbocycles. The number of ether oxygens (including phenoxy) is 1. The first-order valence-corrected chi connectivity index (χ1v) is 11.4. The minimum absolute atomic E-state index is 0.0722. The zero-order valence-corrected chi connectivity index (χ0v) is 18.0. The zero-order chi connectivity index (χ0) is 22.0. The van der Waals surface area contributed by atoms with Crippen molar-refractivity contribution < 1.29 is 13.9 Å². The van der Waals surface area contributed by atoms with E-state index >= 15 is 0 Å². The standard InChI is InChI=1S/C23H30FN3O4/c1-2-31-21(28)14-26-22(29)17-12-18(24)19(25-15-8-4-3-5-9-15)13-20(17)27(23(26)30)16-10-6-7-11-16/h12-13,15-16,25H,2-11,14H2,1H3. The van der Waals surface area contributed by atoms with Gasteiger partial charge in [-0.05, 0) is 44.7 Å². The third-order valence-corrected chi connectivity index (χ3v) is 6.50. The van der Waals surface area contributed by atoms with Gasteiger partial charge in [-0.25, -0.2) is 13.8 Å². The molecular weight excluding hydrogens is 401 g/mol. The quantitative estimate of drug-likeness (QED) is 0.705. The van der Waals surface area contributed by atoms with Gasteiger partial charge in [0, 0.05) is 12.1 Å². The minimum atomic E-state index is -0.662. The summed E-state index contributed by atoms with van der Waals surface area (Å²) in [6.45, 7) is 1.34. The highest BCUT2D eigenvalue weighted by Crippen LogP contribution is 2.32. The molecule has 0 spiro atoms. The van der Waals surface area contributed by atoms with Gasteiger partial charge in [0.25, 0.3) is 5.56 Å². The summed E-state index contributed by atoms with van der Waals surface area (Å²) >= 11 is 0. The van der Waals surface area contributed by atoms with Crippen molar-refractivity contribution in [1.82, 2.24) is 9.13 Å². The predicted octanol–water partition coefficient (Wildman–Crippen LogP) is 3.73. The molecular formula is C23H30FN3O4. The van der Waals surface area contributed by atoms with Crippen molar-refractivity contribution in [2.45, 2.75) is 83.3 Å². The van der Waals surface area contributed by atoms with Crippen LogP contribution >= 0.6 is 0 Å². The Kier molecular flexibility index (Phi) is 6.43. The number of rotatable bonds is 6. The Hall–Kier alpha value is -2.64. The normalized spacial score (nSPS) is 17.9. The van der Waals surface area contributed by atoms with Gasteiger partial charge >= 0.3 is 11.7 Å². The fourth-order valence-corrected chi connectivity index (χ4v) is 4.97. The Labute approximate surface area is 180 Å². The van der Waals surface area contributed by atoms with E-state index in [9.17, 15) is 18.8 Å². The van der Waals surface area contributed by atoms with Crippen molar-refractivity contribution in [3.05, 3.63) is 38.8 Å². The number of halogens is 1. The van der Waals surface area contributed by atoms with E-state index in [0.29, 0.717) is 11.2 Å². The van der Waals surface area contributed by atoms with Gasteiger partial charge in [-0.1, -0.05) is 32.1 Å². The smallest absolute Gasteiger partial charge is 0.332 e. The van der Waals surface area contributed by atoms with E-state index in [1.807, 2.05) is 0 Å². The van der Waals surface area contributed by atoms with E-state index < -0.39 is 29.6 Å². The molecule has 2 aromatic rings. The highest BCUT2D eigenvalue weighted by molar-refractivity contribution is 5.83. The maximum Gasteiger partial charge on any atom is 0.332 e. The molecule has 0 saturated heterocycles. The van der Waals surface area contributed by atoms with Gasteiger partial charge in [0.2, 0.25) is 0 Å². The summed E-state index contributed by atoms with van der Waals surface area (Å²) in [5.74, 6) is -1.18. The lowest BCUT2D eigenvalue weighted by Gasteiger charge is -2.25. The predicted molar refractivity (Wildman–Crippen MR) is 117 cm³/mol. The molecule has 2 fully saturated rings. The number of fused-ring (bicyclic) bond motifs is 1. The minimum Gasteiger partial charge on any atom is -0.465 e. The van der Waals surface area contributed by atoms with Crippen LogP contribution in [-0.2, 0) is 16.1 Å². The highest BCUT2D eigenvalue weighted by atomic mass is 19.1. The van der Waals surface area contributed by atoms with Crippen LogP contribution in [0.15, 0.2) is 21.7 Å². The van der Waals surface area contributed by atoms with Crippen molar-refractivity contribution in [3.63, 3.8) is 0 Å². The molecule has 0 aliphatic heterocycles. The van der Waals surface area contributed by atoms with Crippen LogP contribution in [0.25, 0.3) is 10.9 Å². The molecule has 8 heteroatoms. The number of anilines is 1. The molecule has 4 rings (SSSR count). The summed E-state index contributed by atoms with van der Waals surface area (Å²) in [5, 5.41) is 3.40. The lowest BCUT2D eigenvalue weighted by Crippen LogP contribution is -2.43. The van der Waals surface area contributed by atoms with E-state index in [1.165, 1.54) is 12.5 Å². The van der Waals surface area contributed by atoms with Gasteiger partial charge in [0.15, 0.2) is 0 Å². The van der Waals surface area contributed by atoms with Gasteiger partial charge in [-0.3, -0.25) is 14.2 Å². The van der Waals surface area contributed by atoms with Crippen molar-refractivity contribution in [2.24, 2.45) is 0 Å². The molecule has 0 unspecified atom stereocenters. The molecule has 31 heavy (non-hydrogen) atoms. The largest absolute Gasteiger partial charge is 0.465 e. The zero-order valence-electron chi connectivity index (χ0n) is 18.0. The Morgan fingerprint density at radius 1 is 1.10 bits per heavy atom. The van der Waals surface area contributed by atoms with E-state index in [-0.39, 0.29) is 24.1 Å². The molecule has 2 aliphatic rings. The summed E-state index contributed by atoms with van der Waals surface area (Å²) in [5.41, 5.74) is -0.437. The van der Waals surface area contributed by atoms with Crippen LogP contribution in [0.3, 0.4) is 0 Å². The van der Waals surface area contributed by atoms with Crippen LogP contribution in [0.2, 0.25) is 0 Å². The van der Waals surface area contributed by atoms with E-state index in [4.69, 9.17) is 4.74 Å². The van der Waals surface area contributed by atoms with Crippen LogP contribution in [0.5, 0.6) is 0 Å². The SMILES string of the molecule is CCOC(=O)Cn1c(=O)c2cc(F)c(NC3CCCCC3)cc2n(C2CCCC2)c1=O. The van der Waals surface area contributed by atoms with Crippen LogP contribution < -0.4 is 16.6 Å². The number of hydrogen-bond donors (Lipinski definition) is 1. The molecule has 0 amide bonds. The van der Waals surface area contributed by atoms with Gasteiger partial charge in [0.1, 0.15) is 12.4 Å². The summed E-state index contributed by atoms with van der Waals surface area (Å²) in [6.07, 6.45) is 8.98. The average molecular weight is 432 g/mol. The van der Waals surface area contributed by atoms with Crippen molar-refractivity contribution in [2.75, 3.05) is 11.9 Å². The summed E-state index contributed by atoms with van der Waals surface area (Å²) in [7, 11) is 0. The first-order valence-electron chi connectivity index (χ1n) is 11.4. The second-order valence-electron chi connectivity index (χ2n) is 8.62.